The summed E-state index contributed by atoms with van der Waals surface area (Å²) >= 11 is 0. The summed E-state index contributed by atoms with van der Waals surface area (Å²) in [6.07, 6.45) is 65.2. The van der Waals surface area contributed by atoms with Crippen molar-refractivity contribution in [2.45, 2.75) is 295 Å². The summed E-state index contributed by atoms with van der Waals surface area (Å²) in [7, 11) is 0. The molecule has 72 heavy (non-hydrogen) atoms. The van der Waals surface area contributed by atoms with Crippen molar-refractivity contribution in [1.82, 2.24) is 0 Å². The van der Waals surface area contributed by atoms with Crippen molar-refractivity contribution < 1.29 is 44.2 Å². The smallest absolute Gasteiger partial charge is 0.306 e. The molecule has 6 atom stereocenters. The number of hydrogen-bond acceptors (Lipinski definition) is 9. The number of esters is 1. The average molecular weight is 1010 g/mol. The molecule has 0 amide bonds. The number of allylic oxidation sites excluding steroid dienone is 12. The van der Waals surface area contributed by atoms with E-state index in [-0.39, 0.29) is 19.2 Å². The molecule has 1 heterocycles. The third-order valence-corrected chi connectivity index (χ3v) is 13.6. The number of aliphatic hydroxyl groups excluding tert-OH is 4. The van der Waals surface area contributed by atoms with E-state index >= 15 is 0 Å². The molecule has 0 saturated carbocycles. The van der Waals surface area contributed by atoms with Gasteiger partial charge in [0.15, 0.2) is 6.29 Å². The second-order valence-corrected chi connectivity index (χ2v) is 20.4. The van der Waals surface area contributed by atoms with Gasteiger partial charge in [-0.1, -0.05) is 241 Å². The topological polar surface area (TPSA) is 135 Å². The fraction of sp³-hybridized carbons (Fsp3) is 0.794. The molecule has 0 aromatic rings. The molecular weight excluding hydrogens is 901 g/mol. The van der Waals surface area contributed by atoms with Crippen LogP contribution >= 0.6 is 0 Å². The fourth-order valence-electron chi connectivity index (χ4n) is 8.99. The second-order valence-electron chi connectivity index (χ2n) is 20.4. The zero-order valence-electron chi connectivity index (χ0n) is 46.4. The SMILES string of the molecule is CC/C=C\C/C=C\C/C=C\C/C=C\C/C=C\CCCCCCCCCCCCOCC(COC1OC(CO)C(O)C(O)C1O)OC(=O)CCCCCCCCCCCCC/C=C\CCCCCCCCCC. The summed E-state index contributed by atoms with van der Waals surface area (Å²) in [4.78, 5) is 12.9. The molecule has 1 aliphatic heterocycles. The van der Waals surface area contributed by atoms with Crippen LogP contribution in [0.15, 0.2) is 72.9 Å². The Morgan fingerprint density at radius 2 is 0.847 bits per heavy atom. The predicted molar refractivity (Wildman–Crippen MR) is 302 cm³/mol. The number of aliphatic hydroxyl groups is 4. The number of hydrogen-bond donors (Lipinski definition) is 4. The van der Waals surface area contributed by atoms with E-state index in [4.69, 9.17) is 18.9 Å². The van der Waals surface area contributed by atoms with Gasteiger partial charge in [0, 0.05) is 13.0 Å². The van der Waals surface area contributed by atoms with Crippen molar-refractivity contribution in [3.05, 3.63) is 72.9 Å². The van der Waals surface area contributed by atoms with Crippen molar-refractivity contribution >= 4 is 5.97 Å². The minimum Gasteiger partial charge on any atom is -0.457 e. The number of carbonyl (C=O) groups excluding carboxylic acids is 1. The van der Waals surface area contributed by atoms with Crippen molar-refractivity contribution in [2.24, 2.45) is 0 Å². The Balaban J connectivity index is 2.15. The number of rotatable bonds is 52. The highest BCUT2D eigenvalue weighted by Gasteiger charge is 2.44. The number of ether oxygens (including phenoxy) is 4. The summed E-state index contributed by atoms with van der Waals surface area (Å²) in [5.41, 5.74) is 0. The lowest BCUT2D eigenvalue weighted by Gasteiger charge is -2.39. The molecule has 0 aromatic carbocycles. The van der Waals surface area contributed by atoms with E-state index < -0.39 is 43.4 Å². The van der Waals surface area contributed by atoms with Gasteiger partial charge in [-0.15, -0.1) is 0 Å². The summed E-state index contributed by atoms with van der Waals surface area (Å²) in [5, 5.41) is 40.4. The first-order chi connectivity index (χ1) is 35.4. The normalized spacial score (nSPS) is 19.2. The Kier molecular flexibility index (Phi) is 50.2. The lowest BCUT2D eigenvalue weighted by Crippen LogP contribution is -2.59. The first-order valence-corrected chi connectivity index (χ1v) is 30.0. The highest BCUT2D eigenvalue weighted by Crippen LogP contribution is 2.23. The van der Waals surface area contributed by atoms with E-state index in [2.05, 4.69) is 86.8 Å². The van der Waals surface area contributed by atoms with Crippen LogP contribution in [0.25, 0.3) is 0 Å². The van der Waals surface area contributed by atoms with E-state index in [1.807, 2.05) is 0 Å². The molecular formula is C63H112O9. The second kappa shape index (κ2) is 53.5. The largest absolute Gasteiger partial charge is 0.457 e. The summed E-state index contributed by atoms with van der Waals surface area (Å²) in [5.74, 6) is -0.315. The zero-order valence-corrected chi connectivity index (χ0v) is 46.4. The molecule has 6 unspecified atom stereocenters. The maximum absolute atomic E-state index is 12.9. The van der Waals surface area contributed by atoms with Crippen molar-refractivity contribution in [3.63, 3.8) is 0 Å². The molecule has 0 aromatic heterocycles. The Morgan fingerprint density at radius 1 is 0.458 bits per heavy atom. The molecule has 1 rings (SSSR count). The van der Waals surface area contributed by atoms with E-state index in [0.717, 1.165) is 64.2 Å². The molecule has 4 N–H and O–H groups in total. The molecule has 9 heteroatoms. The Bertz CT molecular complexity index is 1340. The summed E-state index contributed by atoms with van der Waals surface area (Å²) < 4.78 is 23.0. The van der Waals surface area contributed by atoms with E-state index in [0.29, 0.717) is 13.0 Å². The highest BCUT2D eigenvalue weighted by atomic mass is 16.7. The summed E-state index contributed by atoms with van der Waals surface area (Å²) in [6.45, 7) is 4.46. The third-order valence-electron chi connectivity index (χ3n) is 13.6. The van der Waals surface area contributed by atoms with Crippen LogP contribution in [0.3, 0.4) is 0 Å². The quantitative estimate of drug-likeness (QED) is 0.0267. The minimum atomic E-state index is -1.54. The van der Waals surface area contributed by atoms with Crippen LogP contribution in [-0.4, -0.2) is 89.6 Å². The van der Waals surface area contributed by atoms with Gasteiger partial charge in [-0.05, 0) is 83.5 Å². The average Bonchev–Trinajstić information content (AvgIpc) is 3.38. The Hall–Kier alpha value is -2.37. The van der Waals surface area contributed by atoms with Gasteiger partial charge in [-0.2, -0.15) is 0 Å². The van der Waals surface area contributed by atoms with Crippen LogP contribution < -0.4 is 0 Å². The van der Waals surface area contributed by atoms with E-state index in [1.165, 1.54) is 173 Å². The number of carbonyl (C=O) groups is 1. The molecule has 0 bridgehead atoms. The van der Waals surface area contributed by atoms with Crippen LogP contribution in [0.1, 0.15) is 258 Å². The van der Waals surface area contributed by atoms with Crippen molar-refractivity contribution in [2.75, 3.05) is 26.4 Å². The van der Waals surface area contributed by atoms with Crippen molar-refractivity contribution in [1.29, 1.82) is 0 Å². The lowest BCUT2D eigenvalue weighted by atomic mass is 9.99. The van der Waals surface area contributed by atoms with Gasteiger partial charge >= 0.3 is 5.97 Å². The number of unbranched alkanes of at least 4 members (excludes halogenated alkanes) is 29. The molecule has 1 fully saturated rings. The van der Waals surface area contributed by atoms with E-state index in [1.54, 1.807) is 0 Å². The highest BCUT2D eigenvalue weighted by molar-refractivity contribution is 5.69. The zero-order chi connectivity index (χ0) is 52.1. The lowest BCUT2D eigenvalue weighted by molar-refractivity contribution is -0.305. The van der Waals surface area contributed by atoms with Gasteiger partial charge in [0.25, 0.3) is 0 Å². The van der Waals surface area contributed by atoms with Crippen LogP contribution in [0.2, 0.25) is 0 Å². The third kappa shape index (κ3) is 42.9. The van der Waals surface area contributed by atoms with Gasteiger partial charge in [0.2, 0.25) is 0 Å². The Labute approximate surface area is 442 Å². The minimum absolute atomic E-state index is 0.117. The maximum Gasteiger partial charge on any atom is 0.306 e. The molecule has 418 valence electrons. The van der Waals surface area contributed by atoms with Crippen LogP contribution in [-0.2, 0) is 23.7 Å². The molecule has 0 radical (unpaired) electrons. The first kappa shape index (κ1) is 67.6. The van der Waals surface area contributed by atoms with Gasteiger partial charge in [-0.25, -0.2) is 0 Å². The summed E-state index contributed by atoms with van der Waals surface area (Å²) in [6, 6.07) is 0. The molecule has 1 aliphatic rings. The van der Waals surface area contributed by atoms with Gasteiger partial charge < -0.3 is 39.4 Å². The van der Waals surface area contributed by atoms with Crippen LogP contribution in [0, 0.1) is 0 Å². The van der Waals surface area contributed by atoms with Gasteiger partial charge in [0.05, 0.1) is 19.8 Å². The molecule has 9 nitrogen and oxygen atoms in total. The predicted octanol–water partition coefficient (Wildman–Crippen LogP) is 15.9. The molecule has 1 saturated heterocycles. The molecule has 0 spiro atoms. The van der Waals surface area contributed by atoms with Crippen molar-refractivity contribution in [3.8, 4) is 0 Å². The Morgan fingerprint density at radius 3 is 1.29 bits per heavy atom. The first-order valence-electron chi connectivity index (χ1n) is 30.0. The van der Waals surface area contributed by atoms with Gasteiger partial charge in [-0.3, -0.25) is 4.79 Å². The maximum atomic E-state index is 12.9. The van der Waals surface area contributed by atoms with Crippen LogP contribution in [0.4, 0.5) is 0 Å². The monoisotopic (exact) mass is 1010 g/mol. The van der Waals surface area contributed by atoms with E-state index in [9.17, 15) is 25.2 Å². The fourth-order valence-corrected chi connectivity index (χ4v) is 8.99. The molecule has 0 aliphatic carbocycles. The van der Waals surface area contributed by atoms with Gasteiger partial charge in [0.1, 0.15) is 30.5 Å². The standard InChI is InChI=1S/C63H112O9/c1-3-5-7-9-11-13-15-17-19-21-23-25-27-28-29-31-33-35-37-39-41-43-45-47-49-51-53-69-55-57(56-70-63-62(68)61(67)60(66)58(54-64)72-63)71-59(65)52-50-48-46-44-42-40-38-36-34-32-30-26-24-22-20-18-16-14-12-10-8-6-4-2/h5,7,11,13,17,19,22-25,28-29,57-58,60-64,66-68H,3-4,6,8-10,12,14-16,18,20-21,26-27,30-56H2,1-2H3/b7-5-,13-11-,19-17-,24-22-,25-23-,29-28-. The van der Waals surface area contributed by atoms with Crippen LogP contribution in [0.5, 0.6) is 0 Å².